The van der Waals surface area contributed by atoms with Crippen molar-refractivity contribution in [3.05, 3.63) is 105 Å². The summed E-state index contributed by atoms with van der Waals surface area (Å²) < 4.78 is 0.688. The third-order valence-corrected chi connectivity index (χ3v) is 4.86. The van der Waals surface area contributed by atoms with Gasteiger partial charge in [-0.05, 0) is 34.9 Å². The van der Waals surface area contributed by atoms with E-state index in [1.807, 2.05) is 60.7 Å². The molecular formula is C22H17BrN2O4-2. The van der Waals surface area contributed by atoms with Crippen molar-refractivity contribution >= 4 is 50.0 Å². The Balaban J connectivity index is 2.10. The van der Waals surface area contributed by atoms with E-state index in [4.69, 9.17) is 0 Å². The third-order valence-electron chi connectivity index (χ3n) is 4.17. The molecule has 3 rings (SSSR count). The first-order chi connectivity index (χ1) is 14.0. The van der Waals surface area contributed by atoms with E-state index in [0.29, 0.717) is 15.6 Å². The average molecular weight is 453 g/mol. The minimum Gasteiger partial charge on any atom is -0.769 e. The van der Waals surface area contributed by atoms with E-state index < -0.39 is 5.23 Å². The zero-order chi connectivity index (χ0) is 20.8. The fourth-order valence-electron chi connectivity index (χ4n) is 2.76. The summed E-state index contributed by atoms with van der Waals surface area (Å²) in [5.74, 6) is 0. The summed E-state index contributed by atoms with van der Waals surface area (Å²) in [6, 6.07) is 21.5. The van der Waals surface area contributed by atoms with Crippen LogP contribution in [0.3, 0.4) is 0 Å². The van der Waals surface area contributed by atoms with Gasteiger partial charge < -0.3 is 15.6 Å². The van der Waals surface area contributed by atoms with E-state index in [9.17, 15) is 20.8 Å². The molecule has 0 heterocycles. The molecule has 29 heavy (non-hydrogen) atoms. The van der Waals surface area contributed by atoms with Crippen molar-refractivity contribution in [2.24, 2.45) is 0 Å². The van der Waals surface area contributed by atoms with Crippen molar-refractivity contribution in [3.63, 3.8) is 0 Å². The Bertz CT molecular complexity index is 1020. The molecule has 2 N–H and O–H groups in total. The molecule has 6 nitrogen and oxygen atoms in total. The summed E-state index contributed by atoms with van der Waals surface area (Å²) in [5, 5.41) is 41.6. The maximum absolute atomic E-state index is 11.5. The van der Waals surface area contributed by atoms with E-state index in [-0.39, 0.29) is 16.6 Å². The summed E-state index contributed by atoms with van der Waals surface area (Å²) in [6.07, 6.45) is 5.06. The van der Waals surface area contributed by atoms with Gasteiger partial charge >= 0.3 is 0 Å². The average Bonchev–Trinajstić information content (AvgIpc) is 2.73. The van der Waals surface area contributed by atoms with Crippen LogP contribution in [0.1, 0.15) is 22.3 Å². The second-order valence-electron chi connectivity index (χ2n) is 6.12. The second-order valence-corrected chi connectivity index (χ2v) is 6.97. The van der Waals surface area contributed by atoms with Crippen LogP contribution in [0.2, 0.25) is 0 Å². The van der Waals surface area contributed by atoms with Gasteiger partial charge in [0.15, 0.2) is 0 Å². The van der Waals surface area contributed by atoms with Crippen molar-refractivity contribution in [2.45, 2.75) is 0 Å². The first-order valence-corrected chi connectivity index (χ1v) is 9.41. The van der Waals surface area contributed by atoms with Gasteiger partial charge in [0.05, 0.1) is 0 Å². The van der Waals surface area contributed by atoms with Crippen LogP contribution in [0.15, 0.2) is 72.8 Å². The highest BCUT2D eigenvalue weighted by atomic mass is 79.9. The minimum atomic E-state index is -0.558. The highest BCUT2D eigenvalue weighted by Crippen LogP contribution is 2.34. The summed E-state index contributed by atoms with van der Waals surface area (Å²) in [4.78, 5) is 0. The van der Waals surface area contributed by atoms with Gasteiger partial charge in [-0.2, -0.15) is 0 Å². The van der Waals surface area contributed by atoms with Gasteiger partial charge in [0, 0.05) is 15.7 Å². The van der Waals surface area contributed by atoms with Gasteiger partial charge in [0.2, 0.25) is 0 Å². The van der Waals surface area contributed by atoms with Crippen LogP contribution >= 0.6 is 15.9 Å². The summed E-state index contributed by atoms with van der Waals surface area (Å²) in [6.45, 7) is 0. The van der Waals surface area contributed by atoms with Crippen LogP contribution in [-0.4, -0.2) is 10.4 Å². The highest BCUT2D eigenvalue weighted by Gasteiger charge is 2.12. The number of hydrogen-bond acceptors (Lipinski definition) is 6. The van der Waals surface area contributed by atoms with Crippen LogP contribution in [0.25, 0.3) is 22.7 Å². The molecule has 3 aromatic carbocycles. The molecule has 0 saturated carbocycles. The minimum absolute atomic E-state index is 0.110. The zero-order valence-corrected chi connectivity index (χ0v) is 16.7. The lowest BCUT2D eigenvalue weighted by Crippen LogP contribution is -2.14. The molecule has 0 bridgehead atoms. The highest BCUT2D eigenvalue weighted by molar-refractivity contribution is 9.15. The molecule has 0 fully saturated rings. The fraction of sp³-hybridized carbons (Fsp3) is 0. The maximum Gasteiger partial charge on any atom is 0.104 e. The lowest BCUT2D eigenvalue weighted by molar-refractivity contribution is 0.0291. The van der Waals surface area contributed by atoms with Crippen LogP contribution < -0.4 is 10.5 Å². The standard InChI is InChI=1S/C22H17BrN2O4/c23-20(17-9-5-2-6-10-17)14-19-13-18(12-11-16-7-3-1-4-8-16)21(24(26)27)15-22(19)25(28)29/h1-15,28-29H/q-2. The Kier molecular flexibility index (Phi) is 6.82. The number of nitrogens with zero attached hydrogens (tertiary/aromatic N) is 2. The van der Waals surface area contributed by atoms with Crippen molar-refractivity contribution in [1.82, 2.24) is 0 Å². The Hall–Kier alpha value is -2.94. The fourth-order valence-corrected chi connectivity index (χ4v) is 3.27. The van der Waals surface area contributed by atoms with Gasteiger partial charge in [-0.25, -0.2) is 0 Å². The van der Waals surface area contributed by atoms with Crippen molar-refractivity contribution < 1.29 is 10.4 Å². The first-order valence-electron chi connectivity index (χ1n) is 8.62. The van der Waals surface area contributed by atoms with E-state index >= 15 is 0 Å². The molecule has 148 valence electrons. The summed E-state index contributed by atoms with van der Waals surface area (Å²) in [7, 11) is 0. The molecule has 0 aromatic heterocycles. The second kappa shape index (κ2) is 9.51. The molecule has 3 aromatic rings. The lowest BCUT2D eigenvalue weighted by Gasteiger charge is -2.39. The van der Waals surface area contributed by atoms with Crippen LogP contribution in [0.5, 0.6) is 0 Å². The van der Waals surface area contributed by atoms with E-state index in [1.54, 1.807) is 18.2 Å². The van der Waals surface area contributed by atoms with Crippen LogP contribution in [0.4, 0.5) is 11.4 Å². The van der Waals surface area contributed by atoms with Crippen molar-refractivity contribution in [1.29, 1.82) is 0 Å². The van der Waals surface area contributed by atoms with Gasteiger partial charge in [-0.1, -0.05) is 88.7 Å². The van der Waals surface area contributed by atoms with Crippen molar-refractivity contribution in [3.8, 4) is 0 Å². The monoisotopic (exact) mass is 452 g/mol. The van der Waals surface area contributed by atoms with Crippen molar-refractivity contribution in [2.75, 3.05) is 10.5 Å². The number of rotatable bonds is 6. The molecule has 0 saturated heterocycles. The van der Waals surface area contributed by atoms with E-state index in [2.05, 4.69) is 15.9 Å². The van der Waals surface area contributed by atoms with Crippen LogP contribution in [0, 0.1) is 10.4 Å². The molecular weight excluding hydrogens is 436 g/mol. The molecule has 7 heteroatoms. The topological polar surface area (TPSA) is 93.1 Å². The molecule has 0 radical (unpaired) electrons. The largest absolute Gasteiger partial charge is 0.769 e. The number of benzene rings is 3. The summed E-state index contributed by atoms with van der Waals surface area (Å²) >= 11 is 3.48. The number of anilines is 2. The van der Waals surface area contributed by atoms with Gasteiger partial charge in [-0.15, -0.1) is 5.23 Å². The van der Waals surface area contributed by atoms with Gasteiger partial charge in [0.1, 0.15) is 5.69 Å². The van der Waals surface area contributed by atoms with Gasteiger partial charge in [-0.3, -0.25) is 10.4 Å². The maximum atomic E-state index is 11.5. The molecule has 0 spiro atoms. The predicted molar refractivity (Wildman–Crippen MR) is 120 cm³/mol. The Morgan fingerprint density at radius 1 is 0.793 bits per heavy atom. The molecule has 0 unspecified atom stereocenters. The zero-order valence-electron chi connectivity index (χ0n) is 15.1. The number of halogens is 1. The Morgan fingerprint density at radius 3 is 2.00 bits per heavy atom. The molecule has 0 aliphatic rings. The van der Waals surface area contributed by atoms with E-state index in [0.717, 1.165) is 17.2 Å². The Labute approximate surface area is 176 Å². The molecule has 0 aliphatic heterocycles. The van der Waals surface area contributed by atoms with Crippen LogP contribution in [-0.2, 0) is 0 Å². The quantitative estimate of drug-likeness (QED) is 0.344. The molecule has 0 amide bonds. The Morgan fingerprint density at radius 2 is 1.41 bits per heavy atom. The smallest absolute Gasteiger partial charge is 0.104 e. The normalized spacial score (nSPS) is 11.7. The molecule has 0 aliphatic carbocycles. The van der Waals surface area contributed by atoms with E-state index in [1.165, 1.54) is 6.07 Å². The first kappa shape index (κ1) is 20.8. The third kappa shape index (κ3) is 5.32. The SMILES string of the molecule is [O-]N([O-])c1cc(N(O)O)c(C=C(Br)c2ccccc2)cc1C=Cc1ccccc1. The molecule has 0 atom stereocenters. The predicted octanol–water partition coefficient (Wildman–Crippen LogP) is 6.14. The lowest BCUT2D eigenvalue weighted by atomic mass is 10.0. The van der Waals surface area contributed by atoms with Gasteiger partial charge in [0.25, 0.3) is 0 Å². The summed E-state index contributed by atoms with van der Waals surface area (Å²) in [5.41, 5.74) is 2.14. The number of hydrogen-bond donors (Lipinski definition) is 2.